The Morgan fingerprint density at radius 2 is 2.33 bits per heavy atom. The minimum absolute atomic E-state index is 0.0206. The SMILES string of the molecule is CCOC(C)Cn1c(SCC(=O)O)nc2cc(Cl)ccc21. The summed E-state index contributed by atoms with van der Waals surface area (Å²) in [4.78, 5) is 15.3. The van der Waals surface area contributed by atoms with E-state index < -0.39 is 5.97 Å². The van der Waals surface area contributed by atoms with Crippen molar-refractivity contribution in [2.75, 3.05) is 12.4 Å². The number of aliphatic carboxylic acids is 1. The Morgan fingerprint density at radius 1 is 1.57 bits per heavy atom. The monoisotopic (exact) mass is 328 g/mol. The van der Waals surface area contributed by atoms with E-state index in [1.807, 2.05) is 24.5 Å². The predicted octanol–water partition coefficient (Wildman–Crippen LogP) is 3.29. The fraction of sp³-hybridized carbons (Fsp3) is 0.429. The lowest BCUT2D eigenvalue weighted by Crippen LogP contribution is -2.17. The van der Waals surface area contributed by atoms with Gasteiger partial charge in [0, 0.05) is 11.6 Å². The van der Waals surface area contributed by atoms with Gasteiger partial charge in [-0.25, -0.2) is 4.98 Å². The lowest BCUT2D eigenvalue weighted by Gasteiger charge is -2.15. The van der Waals surface area contributed by atoms with E-state index in [-0.39, 0.29) is 11.9 Å². The van der Waals surface area contributed by atoms with Crippen LogP contribution in [0.1, 0.15) is 13.8 Å². The summed E-state index contributed by atoms with van der Waals surface area (Å²) in [6.45, 7) is 5.18. The number of halogens is 1. The second-order valence-corrected chi connectivity index (χ2v) is 5.97. The van der Waals surface area contributed by atoms with Gasteiger partial charge in [0.2, 0.25) is 0 Å². The van der Waals surface area contributed by atoms with Crippen LogP contribution in [0.15, 0.2) is 23.4 Å². The molecule has 1 aromatic carbocycles. The molecule has 1 unspecified atom stereocenters. The molecule has 0 aliphatic heterocycles. The molecule has 2 rings (SSSR count). The van der Waals surface area contributed by atoms with Gasteiger partial charge in [-0.2, -0.15) is 0 Å². The average molecular weight is 329 g/mol. The van der Waals surface area contributed by atoms with E-state index in [9.17, 15) is 4.79 Å². The second kappa shape index (κ2) is 7.15. The summed E-state index contributed by atoms with van der Waals surface area (Å²) in [6.07, 6.45) is 0.0206. The Bertz CT molecular complexity index is 644. The number of imidazole rings is 1. The molecule has 1 atom stereocenters. The van der Waals surface area contributed by atoms with Crippen LogP contribution in [0.3, 0.4) is 0 Å². The summed E-state index contributed by atoms with van der Waals surface area (Å²) in [6, 6.07) is 5.48. The van der Waals surface area contributed by atoms with Crippen LogP contribution in [0.4, 0.5) is 0 Å². The van der Waals surface area contributed by atoms with E-state index >= 15 is 0 Å². The fourth-order valence-corrected chi connectivity index (χ4v) is 3.00. The zero-order chi connectivity index (χ0) is 15.4. The highest BCUT2D eigenvalue weighted by Crippen LogP contribution is 2.26. The molecule has 0 amide bonds. The third-order valence-corrected chi connectivity index (χ3v) is 4.09. The molecule has 21 heavy (non-hydrogen) atoms. The van der Waals surface area contributed by atoms with Crippen LogP contribution in [-0.2, 0) is 16.1 Å². The van der Waals surface area contributed by atoms with Gasteiger partial charge in [0.1, 0.15) is 0 Å². The van der Waals surface area contributed by atoms with Crippen molar-refractivity contribution < 1.29 is 14.6 Å². The van der Waals surface area contributed by atoms with E-state index in [0.717, 1.165) is 11.0 Å². The second-order valence-electron chi connectivity index (χ2n) is 4.59. The van der Waals surface area contributed by atoms with Gasteiger partial charge >= 0.3 is 5.97 Å². The summed E-state index contributed by atoms with van der Waals surface area (Å²) in [7, 11) is 0. The van der Waals surface area contributed by atoms with Gasteiger partial charge in [-0.3, -0.25) is 4.79 Å². The first-order valence-corrected chi connectivity index (χ1v) is 7.99. The number of hydrogen-bond donors (Lipinski definition) is 1. The van der Waals surface area contributed by atoms with E-state index in [0.29, 0.717) is 23.3 Å². The molecular weight excluding hydrogens is 312 g/mol. The van der Waals surface area contributed by atoms with E-state index in [1.165, 1.54) is 11.8 Å². The summed E-state index contributed by atoms with van der Waals surface area (Å²) in [5.74, 6) is -0.894. The van der Waals surface area contributed by atoms with Crippen molar-refractivity contribution >= 4 is 40.4 Å². The fourth-order valence-electron chi connectivity index (χ4n) is 2.09. The molecule has 7 heteroatoms. The van der Waals surface area contributed by atoms with Crippen LogP contribution < -0.4 is 0 Å². The number of aromatic nitrogens is 2. The van der Waals surface area contributed by atoms with Crippen molar-refractivity contribution in [3.8, 4) is 0 Å². The molecule has 0 radical (unpaired) electrons. The summed E-state index contributed by atoms with van der Waals surface area (Å²) < 4.78 is 7.55. The molecular formula is C14H17ClN2O3S. The molecule has 0 aliphatic rings. The highest BCUT2D eigenvalue weighted by molar-refractivity contribution is 7.99. The van der Waals surface area contributed by atoms with Crippen LogP contribution >= 0.6 is 23.4 Å². The van der Waals surface area contributed by atoms with Gasteiger partial charge in [0.15, 0.2) is 5.16 Å². The summed E-state index contributed by atoms with van der Waals surface area (Å²) in [5, 5.41) is 10.1. The zero-order valence-electron chi connectivity index (χ0n) is 11.9. The van der Waals surface area contributed by atoms with Crippen LogP contribution in [-0.4, -0.2) is 39.1 Å². The Morgan fingerprint density at radius 3 is 3.00 bits per heavy atom. The Hall–Kier alpha value is -1.24. The molecule has 0 saturated heterocycles. The summed E-state index contributed by atoms with van der Waals surface area (Å²) in [5.41, 5.74) is 1.69. The van der Waals surface area contributed by atoms with Crippen LogP contribution in [0.2, 0.25) is 5.02 Å². The quantitative estimate of drug-likeness (QED) is 0.790. The Kier molecular flexibility index (Phi) is 5.50. The van der Waals surface area contributed by atoms with E-state index in [1.54, 1.807) is 12.1 Å². The minimum Gasteiger partial charge on any atom is -0.481 e. The maximum atomic E-state index is 10.8. The lowest BCUT2D eigenvalue weighted by molar-refractivity contribution is -0.133. The molecule has 114 valence electrons. The van der Waals surface area contributed by atoms with Crippen LogP contribution in [0.25, 0.3) is 11.0 Å². The van der Waals surface area contributed by atoms with Crippen molar-refractivity contribution in [1.29, 1.82) is 0 Å². The molecule has 0 fully saturated rings. The normalized spacial score (nSPS) is 12.7. The van der Waals surface area contributed by atoms with Crippen molar-refractivity contribution in [2.45, 2.75) is 31.7 Å². The topological polar surface area (TPSA) is 64.3 Å². The first kappa shape index (κ1) is 16.1. The van der Waals surface area contributed by atoms with Gasteiger partial charge in [0.05, 0.1) is 29.4 Å². The first-order chi connectivity index (χ1) is 10.0. The highest BCUT2D eigenvalue weighted by Gasteiger charge is 2.15. The smallest absolute Gasteiger partial charge is 0.313 e. The maximum absolute atomic E-state index is 10.8. The number of ether oxygens (including phenoxy) is 1. The number of carbonyl (C=O) groups is 1. The van der Waals surface area contributed by atoms with Crippen molar-refractivity contribution in [3.63, 3.8) is 0 Å². The number of rotatable bonds is 7. The number of fused-ring (bicyclic) bond motifs is 1. The largest absolute Gasteiger partial charge is 0.481 e. The van der Waals surface area contributed by atoms with Crippen LogP contribution in [0, 0.1) is 0 Å². The molecule has 5 nitrogen and oxygen atoms in total. The minimum atomic E-state index is -0.866. The van der Waals surface area contributed by atoms with Crippen LogP contribution in [0.5, 0.6) is 0 Å². The standard InChI is InChI=1S/C14H17ClN2O3S/c1-3-20-9(2)7-17-12-5-4-10(15)6-11(12)16-14(17)21-8-13(18)19/h4-6,9H,3,7-8H2,1-2H3,(H,18,19). The van der Waals surface area contributed by atoms with Gasteiger partial charge in [-0.15, -0.1) is 0 Å². The zero-order valence-corrected chi connectivity index (χ0v) is 13.4. The Labute approximate surface area is 132 Å². The third kappa shape index (κ3) is 4.12. The number of nitrogens with zero attached hydrogens (tertiary/aromatic N) is 2. The van der Waals surface area contributed by atoms with Crippen molar-refractivity contribution in [3.05, 3.63) is 23.2 Å². The first-order valence-electron chi connectivity index (χ1n) is 6.63. The molecule has 0 spiro atoms. The lowest BCUT2D eigenvalue weighted by atomic mass is 10.3. The number of hydrogen-bond acceptors (Lipinski definition) is 4. The summed E-state index contributed by atoms with van der Waals surface area (Å²) >= 11 is 7.19. The van der Waals surface area contributed by atoms with Crippen molar-refractivity contribution in [1.82, 2.24) is 9.55 Å². The Balaban J connectivity index is 2.36. The number of thioether (sulfide) groups is 1. The van der Waals surface area contributed by atoms with E-state index in [2.05, 4.69) is 4.98 Å². The predicted molar refractivity (Wildman–Crippen MR) is 84.2 cm³/mol. The number of carboxylic acid groups (broad SMARTS) is 1. The number of benzene rings is 1. The molecule has 0 bridgehead atoms. The van der Waals surface area contributed by atoms with Gasteiger partial charge in [-0.05, 0) is 32.0 Å². The molecule has 0 saturated carbocycles. The van der Waals surface area contributed by atoms with E-state index in [4.69, 9.17) is 21.4 Å². The molecule has 1 N–H and O–H groups in total. The average Bonchev–Trinajstić information content (AvgIpc) is 2.74. The maximum Gasteiger partial charge on any atom is 0.313 e. The highest BCUT2D eigenvalue weighted by atomic mass is 35.5. The number of carboxylic acids is 1. The van der Waals surface area contributed by atoms with Gasteiger partial charge < -0.3 is 14.4 Å². The molecule has 1 heterocycles. The third-order valence-electron chi connectivity index (χ3n) is 2.89. The van der Waals surface area contributed by atoms with Gasteiger partial charge in [0.25, 0.3) is 0 Å². The van der Waals surface area contributed by atoms with Gasteiger partial charge in [-0.1, -0.05) is 23.4 Å². The molecule has 1 aromatic heterocycles. The molecule has 0 aliphatic carbocycles. The van der Waals surface area contributed by atoms with Crippen molar-refractivity contribution in [2.24, 2.45) is 0 Å². The molecule has 2 aromatic rings.